The van der Waals surface area contributed by atoms with Crippen LogP contribution >= 0.6 is 0 Å². The van der Waals surface area contributed by atoms with Gasteiger partial charge < -0.3 is 14.4 Å². The first-order valence-corrected chi connectivity index (χ1v) is 10.5. The fraction of sp³-hybridized carbons (Fsp3) is 0.348. The molecule has 4 rings (SSSR count). The van der Waals surface area contributed by atoms with Crippen molar-refractivity contribution in [1.82, 2.24) is 9.55 Å². The van der Waals surface area contributed by atoms with Crippen LogP contribution in [0.15, 0.2) is 42.5 Å². The summed E-state index contributed by atoms with van der Waals surface area (Å²) in [5.74, 6) is -0.367. The Morgan fingerprint density at radius 3 is 2.73 bits per heavy atom. The second-order valence-corrected chi connectivity index (χ2v) is 8.42. The Labute approximate surface area is 188 Å². The summed E-state index contributed by atoms with van der Waals surface area (Å²) in [5, 5.41) is 12.0. The molecule has 10 heteroatoms. The number of hydrogen-bond acceptors (Lipinski definition) is 5. The highest BCUT2D eigenvalue weighted by molar-refractivity contribution is 6.04. The lowest BCUT2D eigenvalue weighted by atomic mass is 10.1. The Kier molecular flexibility index (Phi) is 6.03. The van der Waals surface area contributed by atoms with Crippen molar-refractivity contribution in [3.8, 4) is 0 Å². The predicted molar refractivity (Wildman–Crippen MR) is 119 cm³/mol. The number of carbonyl (C=O) groups is 2. The minimum absolute atomic E-state index is 0.0601. The largest absolute Gasteiger partial charge is 0.447 e. The Morgan fingerprint density at radius 2 is 2.06 bits per heavy atom. The number of amides is 2. The van der Waals surface area contributed by atoms with E-state index >= 15 is 0 Å². The number of alkyl halides is 2. The molecule has 1 fully saturated rings. The van der Waals surface area contributed by atoms with Gasteiger partial charge in [0.15, 0.2) is 0 Å². The molecule has 1 saturated heterocycles. The average molecular weight is 458 g/mol. The van der Waals surface area contributed by atoms with E-state index in [2.05, 4.69) is 10.3 Å². The third-order valence-electron chi connectivity index (χ3n) is 5.49. The molecule has 0 unspecified atom stereocenters. The van der Waals surface area contributed by atoms with Crippen molar-refractivity contribution in [2.45, 2.75) is 38.8 Å². The van der Waals surface area contributed by atoms with Crippen molar-refractivity contribution in [2.24, 2.45) is 0 Å². The molecule has 33 heavy (non-hydrogen) atoms. The summed E-state index contributed by atoms with van der Waals surface area (Å²) in [6.45, 7) is 4.35. The van der Waals surface area contributed by atoms with Gasteiger partial charge in [0.05, 0.1) is 22.3 Å². The number of aliphatic hydroxyl groups excluding tert-OH is 1. The zero-order chi connectivity index (χ0) is 23.8. The van der Waals surface area contributed by atoms with Gasteiger partial charge in [-0.05, 0) is 50.6 Å². The van der Waals surface area contributed by atoms with E-state index in [0.29, 0.717) is 29.7 Å². The van der Waals surface area contributed by atoms with E-state index in [1.54, 1.807) is 27.7 Å². The van der Waals surface area contributed by atoms with E-state index in [4.69, 9.17) is 4.74 Å². The summed E-state index contributed by atoms with van der Waals surface area (Å²) in [6, 6.07) is 10.5. The van der Waals surface area contributed by atoms with Crippen molar-refractivity contribution in [3.05, 3.63) is 53.6 Å². The van der Waals surface area contributed by atoms with Crippen LogP contribution in [-0.2, 0) is 11.3 Å². The van der Waals surface area contributed by atoms with Crippen LogP contribution in [0.1, 0.15) is 42.6 Å². The number of nitrogens with one attached hydrogen (secondary N) is 1. The average Bonchev–Trinajstić information content (AvgIpc) is 3.26. The number of aryl methyl sites for hydroxylation is 1. The standard InChI is InChI=1S/C23H24F2N4O4/c1-23(2)13-33-22(32)29(23)16-7-8-18-17(12-16)26-21(28(18)9-4-10-30)27-20(31)15-6-3-5-14(11-15)19(24)25/h3,5-8,11-12,19,30H,4,9-10,13H2,1-2H3,(H,26,27,31). The van der Waals surface area contributed by atoms with Crippen molar-refractivity contribution < 1.29 is 28.2 Å². The van der Waals surface area contributed by atoms with E-state index in [1.807, 2.05) is 13.8 Å². The Balaban J connectivity index is 1.70. The quantitative estimate of drug-likeness (QED) is 0.549. The highest BCUT2D eigenvalue weighted by Crippen LogP contribution is 2.33. The summed E-state index contributed by atoms with van der Waals surface area (Å²) in [4.78, 5) is 31.1. The number of cyclic esters (lactones) is 1. The summed E-state index contributed by atoms with van der Waals surface area (Å²) in [5.41, 5.74) is 1.12. The molecule has 0 aliphatic carbocycles. The highest BCUT2D eigenvalue weighted by Gasteiger charge is 2.41. The minimum Gasteiger partial charge on any atom is -0.447 e. The molecule has 0 spiro atoms. The molecular weight excluding hydrogens is 434 g/mol. The fourth-order valence-corrected chi connectivity index (χ4v) is 3.87. The first kappa shape index (κ1) is 22.7. The fourth-order valence-electron chi connectivity index (χ4n) is 3.87. The van der Waals surface area contributed by atoms with Gasteiger partial charge in [0.2, 0.25) is 5.95 Å². The number of aromatic nitrogens is 2. The number of aliphatic hydroxyl groups is 1. The van der Waals surface area contributed by atoms with Gasteiger partial charge in [0.1, 0.15) is 6.61 Å². The van der Waals surface area contributed by atoms with Crippen LogP contribution in [0.25, 0.3) is 11.0 Å². The zero-order valence-electron chi connectivity index (χ0n) is 18.2. The first-order valence-electron chi connectivity index (χ1n) is 10.5. The molecule has 0 radical (unpaired) electrons. The maximum Gasteiger partial charge on any atom is 0.414 e. The second-order valence-electron chi connectivity index (χ2n) is 8.42. The molecule has 2 N–H and O–H groups in total. The molecule has 174 valence electrons. The third kappa shape index (κ3) is 4.38. The SMILES string of the molecule is CC1(C)COC(=O)N1c1ccc2c(c1)nc(NC(=O)c1cccc(C(F)F)c1)n2CCCO. The van der Waals surface area contributed by atoms with Crippen LogP contribution in [0.3, 0.4) is 0 Å². The van der Waals surface area contributed by atoms with Gasteiger partial charge in [0.25, 0.3) is 12.3 Å². The number of halogens is 2. The monoisotopic (exact) mass is 458 g/mol. The van der Waals surface area contributed by atoms with Gasteiger partial charge in [-0.2, -0.15) is 0 Å². The number of imidazole rings is 1. The maximum absolute atomic E-state index is 13.0. The molecule has 1 aliphatic rings. The van der Waals surface area contributed by atoms with Gasteiger partial charge in [0, 0.05) is 24.3 Å². The highest BCUT2D eigenvalue weighted by atomic mass is 19.3. The lowest BCUT2D eigenvalue weighted by molar-refractivity contribution is 0.102. The second kappa shape index (κ2) is 8.78. The molecule has 8 nitrogen and oxygen atoms in total. The topological polar surface area (TPSA) is 96.7 Å². The van der Waals surface area contributed by atoms with Crippen LogP contribution in [0.2, 0.25) is 0 Å². The van der Waals surface area contributed by atoms with Crippen molar-refractivity contribution >= 4 is 34.7 Å². The number of rotatable bonds is 7. The predicted octanol–water partition coefficient (Wildman–Crippen LogP) is 4.34. The lowest BCUT2D eigenvalue weighted by Crippen LogP contribution is -2.42. The smallest absolute Gasteiger partial charge is 0.414 e. The molecular formula is C23H24F2N4O4. The Bertz CT molecular complexity index is 1210. The number of carbonyl (C=O) groups excluding carboxylic acids is 2. The van der Waals surface area contributed by atoms with E-state index in [0.717, 1.165) is 6.07 Å². The number of fused-ring (bicyclic) bond motifs is 1. The van der Waals surface area contributed by atoms with Gasteiger partial charge in [-0.3, -0.25) is 15.0 Å². The van der Waals surface area contributed by atoms with Crippen LogP contribution in [-0.4, -0.2) is 45.4 Å². The maximum atomic E-state index is 13.0. The van der Waals surface area contributed by atoms with Gasteiger partial charge in [-0.15, -0.1) is 0 Å². The number of benzene rings is 2. The zero-order valence-corrected chi connectivity index (χ0v) is 18.2. The van der Waals surface area contributed by atoms with Crippen LogP contribution in [0.5, 0.6) is 0 Å². The molecule has 1 aromatic heterocycles. The van der Waals surface area contributed by atoms with Crippen LogP contribution < -0.4 is 10.2 Å². The molecule has 0 saturated carbocycles. The summed E-state index contributed by atoms with van der Waals surface area (Å²) in [7, 11) is 0. The van der Waals surface area contributed by atoms with Crippen LogP contribution in [0, 0.1) is 0 Å². The van der Waals surface area contributed by atoms with Crippen molar-refractivity contribution in [1.29, 1.82) is 0 Å². The lowest BCUT2D eigenvalue weighted by Gasteiger charge is -2.27. The van der Waals surface area contributed by atoms with E-state index < -0.39 is 24.0 Å². The number of ether oxygens (including phenoxy) is 1. The number of hydrogen-bond donors (Lipinski definition) is 2. The Hall–Kier alpha value is -3.53. The molecule has 0 atom stereocenters. The van der Waals surface area contributed by atoms with E-state index in [-0.39, 0.29) is 30.3 Å². The van der Waals surface area contributed by atoms with E-state index in [1.165, 1.54) is 18.2 Å². The molecule has 2 heterocycles. The Morgan fingerprint density at radius 1 is 1.27 bits per heavy atom. The summed E-state index contributed by atoms with van der Waals surface area (Å²) < 4.78 is 33.0. The summed E-state index contributed by atoms with van der Waals surface area (Å²) >= 11 is 0. The third-order valence-corrected chi connectivity index (χ3v) is 5.49. The minimum atomic E-state index is -2.69. The first-order chi connectivity index (χ1) is 15.7. The summed E-state index contributed by atoms with van der Waals surface area (Å²) in [6.07, 6.45) is -2.72. The normalized spacial score (nSPS) is 15.3. The van der Waals surface area contributed by atoms with Crippen LogP contribution in [0.4, 0.5) is 25.2 Å². The van der Waals surface area contributed by atoms with Gasteiger partial charge in [-0.1, -0.05) is 12.1 Å². The molecule has 1 aliphatic heterocycles. The molecule has 2 amide bonds. The van der Waals surface area contributed by atoms with Gasteiger partial charge >= 0.3 is 6.09 Å². The molecule has 0 bridgehead atoms. The van der Waals surface area contributed by atoms with Crippen molar-refractivity contribution in [2.75, 3.05) is 23.4 Å². The van der Waals surface area contributed by atoms with E-state index in [9.17, 15) is 23.5 Å². The number of nitrogens with zero attached hydrogens (tertiary/aromatic N) is 3. The number of anilines is 2. The molecule has 3 aromatic rings. The molecule has 2 aromatic carbocycles. The van der Waals surface area contributed by atoms with Crippen molar-refractivity contribution in [3.63, 3.8) is 0 Å². The van der Waals surface area contributed by atoms with Gasteiger partial charge in [-0.25, -0.2) is 18.6 Å².